The standard InChI is InChI=1S/C6H8N2/c1-2-6-7-4-3-5-8-6/h2-7H,1H2. The van der Waals surface area contributed by atoms with Crippen molar-refractivity contribution in [2.24, 2.45) is 4.99 Å². The third-order valence-electron chi connectivity index (χ3n) is 0.919. The van der Waals surface area contributed by atoms with Gasteiger partial charge in [0.1, 0.15) is 6.17 Å². The van der Waals surface area contributed by atoms with Crippen LogP contribution in [-0.4, -0.2) is 12.4 Å². The molecule has 0 amide bonds. The van der Waals surface area contributed by atoms with Gasteiger partial charge in [-0.1, -0.05) is 6.58 Å². The van der Waals surface area contributed by atoms with Crippen LogP contribution in [0.4, 0.5) is 0 Å². The van der Waals surface area contributed by atoms with Gasteiger partial charge in [-0.2, -0.15) is 0 Å². The maximum absolute atomic E-state index is 4.01. The Morgan fingerprint density at radius 2 is 2.62 bits per heavy atom. The predicted molar refractivity (Wildman–Crippen MR) is 34.8 cm³/mol. The maximum Gasteiger partial charge on any atom is 0.136 e. The zero-order chi connectivity index (χ0) is 5.82. The summed E-state index contributed by atoms with van der Waals surface area (Å²) < 4.78 is 0. The Morgan fingerprint density at radius 3 is 3.00 bits per heavy atom. The summed E-state index contributed by atoms with van der Waals surface area (Å²) in [5.41, 5.74) is 0. The zero-order valence-electron chi connectivity index (χ0n) is 4.54. The van der Waals surface area contributed by atoms with Gasteiger partial charge in [0.15, 0.2) is 0 Å². The van der Waals surface area contributed by atoms with Crippen molar-refractivity contribution in [3.05, 3.63) is 24.9 Å². The summed E-state index contributed by atoms with van der Waals surface area (Å²) >= 11 is 0. The molecular weight excluding hydrogens is 100 g/mol. The summed E-state index contributed by atoms with van der Waals surface area (Å²) in [5, 5.41) is 2.97. The summed E-state index contributed by atoms with van der Waals surface area (Å²) in [6, 6.07) is 0. The van der Waals surface area contributed by atoms with E-state index in [4.69, 9.17) is 0 Å². The highest BCUT2D eigenvalue weighted by atomic mass is 15.1. The fourth-order valence-electron chi connectivity index (χ4n) is 0.512. The largest absolute Gasteiger partial charge is 0.367 e. The van der Waals surface area contributed by atoms with Crippen LogP contribution < -0.4 is 5.32 Å². The number of aliphatic imine (C=N–C) groups is 1. The number of hydrogen-bond donors (Lipinski definition) is 1. The first-order valence-corrected chi connectivity index (χ1v) is 2.50. The summed E-state index contributed by atoms with van der Waals surface area (Å²) in [5.74, 6) is 0. The lowest BCUT2D eigenvalue weighted by atomic mass is 10.4. The molecule has 0 aromatic heterocycles. The van der Waals surface area contributed by atoms with E-state index in [0.717, 1.165) is 0 Å². The van der Waals surface area contributed by atoms with Gasteiger partial charge >= 0.3 is 0 Å². The van der Waals surface area contributed by atoms with Crippen molar-refractivity contribution in [1.29, 1.82) is 0 Å². The Labute approximate surface area is 48.6 Å². The number of rotatable bonds is 1. The Balaban J connectivity index is 2.51. The van der Waals surface area contributed by atoms with Gasteiger partial charge < -0.3 is 5.32 Å². The molecule has 1 heterocycles. The molecule has 1 aliphatic rings. The van der Waals surface area contributed by atoms with Crippen LogP contribution in [0, 0.1) is 0 Å². The van der Waals surface area contributed by atoms with Crippen LogP contribution in [0.1, 0.15) is 0 Å². The molecule has 1 aliphatic heterocycles. The minimum absolute atomic E-state index is 0.0833. The minimum atomic E-state index is 0.0833. The lowest BCUT2D eigenvalue weighted by molar-refractivity contribution is 0.735. The van der Waals surface area contributed by atoms with Gasteiger partial charge in [-0.3, -0.25) is 4.99 Å². The number of allylic oxidation sites excluding steroid dienone is 1. The quantitative estimate of drug-likeness (QED) is 0.491. The van der Waals surface area contributed by atoms with Crippen molar-refractivity contribution >= 4 is 6.21 Å². The second-order valence-electron chi connectivity index (χ2n) is 1.50. The smallest absolute Gasteiger partial charge is 0.136 e. The summed E-state index contributed by atoms with van der Waals surface area (Å²) in [7, 11) is 0. The van der Waals surface area contributed by atoms with Crippen LogP contribution in [0.5, 0.6) is 0 Å². The normalized spacial score (nSPS) is 24.8. The first kappa shape index (κ1) is 5.09. The van der Waals surface area contributed by atoms with E-state index in [-0.39, 0.29) is 6.17 Å². The lowest BCUT2D eigenvalue weighted by Gasteiger charge is -2.08. The fraction of sp³-hybridized carbons (Fsp3) is 0.167. The van der Waals surface area contributed by atoms with Gasteiger partial charge in [0, 0.05) is 6.21 Å². The maximum atomic E-state index is 4.01. The second-order valence-corrected chi connectivity index (χ2v) is 1.50. The average molecular weight is 108 g/mol. The van der Waals surface area contributed by atoms with E-state index in [2.05, 4.69) is 16.9 Å². The summed E-state index contributed by atoms with van der Waals surface area (Å²) in [6.07, 6.45) is 7.28. The van der Waals surface area contributed by atoms with Crippen molar-refractivity contribution in [3.63, 3.8) is 0 Å². The van der Waals surface area contributed by atoms with Crippen LogP contribution in [0.15, 0.2) is 29.9 Å². The minimum Gasteiger partial charge on any atom is -0.367 e. The predicted octanol–water partition coefficient (Wildman–Crippen LogP) is 0.686. The molecule has 2 heteroatoms. The highest BCUT2D eigenvalue weighted by Gasteiger charge is 1.94. The van der Waals surface area contributed by atoms with Gasteiger partial charge in [0.2, 0.25) is 0 Å². The van der Waals surface area contributed by atoms with Crippen LogP contribution in [-0.2, 0) is 0 Å². The highest BCUT2D eigenvalue weighted by Crippen LogP contribution is 1.89. The van der Waals surface area contributed by atoms with E-state index in [1.807, 2.05) is 12.3 Å². The lowest BCUT2D eigenvalue weighted by Crippen LogP contribution is -2.21. The van der Waals surface area contributed by atoms with E-state index in [9.17, 15) is 0 Å². The SMILES string of the molecule is C=CC1N=CC=CN1. The molecule has 1 rings (SSSR count). The van der Waals surface area contributed by atoms with E-state index >= 15 is 0 Å². The van der Waals surface area contributed by atoms with Crippen molar-refractivity contribution in [2.45, 2.75) is 6.17 Å². The number of nitrogens with zero attached hydrogens (tertiary/aromatic N) is 1. The summed E-state index contributed by atoms with van der Waals surface area (Å²) in [6.45, 7) is 3.57. The second kappa shape index (κ2) is 2.31. The third kappa shape index (κ3) is 0.964. The monoisotopic (exact) mass is 108 g/mol. The van der Waals surface area contributed by atoms with Gasteiger partial charge in [0.25, 0.3) is 0 Å². The average Bonchev–Trinajstić information content (AvgIpc) is 1.90. The van der Waals surface area contributed by atoms with E-state index in [1.165, 1.54) is 0 Å². The zero-order valence-corrected chi connectivity index (χ0v) is 4.54. The summed E-state index contributed by atoms with van der Waals surface area (Å²) in [4.78, 5) is 4.01. The van der Waals surface area contributed by atoms with Gasteiger partial charge in [-0.05, 0) is 18.4 Å². The van der Waals surface area contributed by atoms with Crippen molar-refractivity contribution in [3.8, 4) is 0 Å². The molecule has 0 radical (unpaired) electrons. The first-order valence-electron chi connectivity index (χ1n) is 2.50. The number of nitrogens with one attached hydrogen (secondary N) is 1. The van der Waals surface area contributed by atoms with Crippen LogP contribution >= 0.6 is 0 Å². The molecule has 2 nitrogen and oxygen atoms in total. The Morgan fingerprint density at radius 1 is 1.75 bits per heavy atom. The first-order chi connectivity index (χ1) is 3.93. The van der Waals surface area contributed by atoms with E-state index < -0.39 is 0 Å². The Bertz CT molecular complexity index is 135. The fourth-order valence-corrected chi connectivity index (χ4v) is 0.512. The molecule has 1 atom stereocenters. The van der Waals surface area contributed by atoms with Crippen molar-refractivity contribution in [2.75, 3.05) is 0 Å². The Kier molecular flexibility index (Phi) is 1.47. The molecule has 0 fully saturated rings. The number of hydrogen-bond acceptors (Lipinski definition) is 2. The molecule has 0 bridgehead atoms. The molecule has 0 saturated heterocycles. The van der Waals surface area contributed by atoms with Crippen LogP contribution in [0.2, 0.25) is 0 Å². The molecule has 1 N–H and O–H groups in total. The van der Waals surface area contributed by atoms with Gasteiger partial charge in [-0.15, -0.1) is 0 Å². The Hall–Kier alpha value is -1.05. The molecule has 1 unspecified atom stereocenters. The van der Waals surface area contributed by atoms with Crippen LogP contribution in [0.25, 0.3) is 0 Å². The molecule has 42 valence electrons. The van der Waals surface area contributed by atoms with E-state index in [0.29, 0.717) is 0 Å². The molecule has 0 aromatic rings. The van der Waals surface area contributed by atoms with Crippen molar-refractivity contribution < 1.29 is 0 Å². The topological polar surface area (TPSA) is 24.4 Å². The highest BCUT2D eigenvalue weighted by molar-refractivity contribution is 5.72. The molecule has 8 heavy (non-hydrogen) atoms. The van der Waals surface area contributed by atoms with Gasteiger partial charge in [0.05, 0.1) is 0 Å². The van der Waals surface area contributed by atoms with Gasteiger partial charge in [-0.25, -0.2) is 0 Å². The molecule has 0 aromatic carbocycles. The third-order valence-corrected chi connectivity index (χ3v) is 0.919. The van der Waals surface area contributed by atoms with Crippen LogP contribution in [0.3, 0.4) is 0 Å². The van der Waals surface area contributed by atoms with E-state index in [1.54, 1.807) is 12.3 Å². The molecule has 0 spiro atoms. The molecule has 0 aliphatic carbocycles. The molecular formula is C6H8N2. The van der Waals surface area contributed by atoms with Crippen molar-refractivity contribution in [1.82, 2.24) is 5.32 Å². The molecule has 0 saturated carbocycles.